The van der Waals surface area contributed by atoms with Gasteiger partial charge in [-0.2, -0.15) is 10.1 Å². The zero-order valence-electron chi connectivity index (χ0n) is 13.0. The van der Waals surface area contributed by atoms with E-state index in [4.69, 9.17) is 0 Å². The average molecular weight is 405 g/mol. The number of halogens is 2. The van der Waals surface area contributed by atoms with Gasteiger partial charge < -0.3 is 10.6 Å². The molecule has 1 aliphatic rings. The highest BCUT2D eigenvalue weighted by Gasteiger charge is 2.25. The molecule has 1 fully saturated rings. The summed E-state index contributed by atoms with van der Waals surface area (Å²) in [5.41, 5.74) is 1.74. The van der Waals surface area contributed by atoms with Crippen LogP contribution in [0.25, 0.3) is 0 Å². The molecular weight excluding hydrogens is 391 g/mol. The second-order valence-electron chi connectivity index (χ2n) is 5.73. The van der Waals surface area contributed by atoms with Crippen LogP contribution in [0.15, 0.2) is 41.0 Å². The highest BCUT2D eigenvalue weighted by atomic mass is 79.9. The lowest BCUT2D eigenvalue weighted by Gasteiger charge is -2.09. The van der Waals surface area contributed by atoms with Crippen molar-refractivity contribution in [3.05, 3.63) is 46.7 Å². The maximum absolute atomic E-state index is 12.3. The van der Waals surface area contributed by atoms with Gasteiger partial charge in [0.2, 0.25) is 5.95 Å². The van der Waals surface area contributed by atoms with Crippen LogP contribution in [0.4, 0.5) is 27.8 Å². The van der Waals surface area contributed by atoms with Crippen molar-refractivity contribution in [3.63, 3.8) is 0 Å². The maximum Gasteiger partial charge on any atom is 0.229 e. The van der Waals surface area contributed by atoms with E-state index in [0.29, 0.717) is 33.7 Å². The van der Waals surface area contributed by atoms with Gasteiger partial charge in [0.1, 0.15) is 0 Å². The second kappa shape index (κ2) is 6.67. The summed E-state index contributed by atoms with van der Waals surface area (Å²) >= 11 is 3.42. The lowest BCUT2D eigenvalue weighted by Crippen LogP contribution is -2.01. The van der Waals surface area contributed by atoms with Crippen LogP contribution in [0.3, 0.4) is 0 Å². The molecule has 0 unspecified atom stereocenters. The predicted molar refractivity (Wildman–Crippen MR) is 95.0 cm³/mol. The smallest absolute Gasteiger partial charge is 0.229 e. The molecule has 0 bridgehead atoms. The topological polar surface area (TPSA) is 87.8 Å². The van der Waals surface area contributed by atoms with Gasteiger partial charge in [-0.15, -0.1) is 0 Å². The lowest BCUT2D eigenvalue weighted by atomic mass is 10.3. The van der Waals surface area contributed by atoms with Gasteiger partial charge >= 0.3 is 0 Å². The fourth-order valence-corrected chi connectivity index (χ4v) is 2.68. The quantitative estimate of drug-likeness (QED) is 0.556. The molecule has 1 saturated carbocycles. The van der Waals surface area contributed by atoms with Crippen molar-refractivity contribution in [1.29, 1.82) is 0 Å². The fourth-order valence-electron chi connectivity index (χ4n) is 2.39. The minimum atomic E-state index is 0.101. The molecule has 0 aliphatic heterocycles. The van der Waals surface area contributed by atoms with Crippen molar-refractivity contribution in [2.24, 2.45) is 0 Å². The van der Waals surface area contributed by atoms with E-state index < -0.39 is 0 Å². The van der Waals surface area contributed by atoms with Crippen LogP contribution in [-0.2, 0) is 0 Å². The van der Waals surface area contributed by atoms with E-state index in [1.807, 2.05) is 6.07 Å². The molecular formula is C16H14BrFN6O. The monoisotopic (exact) mass is 404 g/mol. The van der Waals surface area contributed by atoms with Gasteiger partial charge in [-0.05, 0) is 40.9 Å². The molecule has 128 valence electrons. The van der Waals surface area contributed by atoms with Crippen LogP contribution in [0.5, 0.6) is 5.75 Å². The Morgan fingerprint density at radius 1 is 1.24 bits per heavy atom. The van der Waals surface area contributed by atoms with E-state index in [0.717, 1.165) is 5.69 Å². The molecule has 25 heavy (non-hydrogen) atoms. The van der Waals surface area contributed by atoms with Crippen LogP contribution < -0.4 is 15.6 Å². The van der Waals surface area contributed by atoms with Gasteiger partial charge in [-0.25, -0.2) is 4.98 Å². The van der Waals surface area contributed by atoms with E-state index in [2.05, 4.69) is 51.7 Å². The van der Waals surface area contributed by atoms with Crippen LogP contribution in [0.2, 0.25) is 0 Å². The van der Waals surface area contributed by atoms with E-state index in [1.165, 1.54) is 25.0 Å². The Hall–Kier alpha value is -2.68. The number of hydrogen-bond donors (Lipinski definition) is 3. The van der Waals surface area contributed by atoms with E-state index in [1.54, 1.807) is 18.3 Å². The van der Waals surface area contributed by atoms with Crippen molar-refractivity contribution >= 4 is 39.2 Å². The maximum atomic E-state index is 12.3. The summed E-state index contributed by atoms with van der Waals surface area (Å²) in [6.07, 6.45) is 4.03. The fraction of sp³-hybridized carbons (Fsp3) is 0.188. The molecule has 4 rings (SSSR count). The molecule has 1 aromatic carbocycles. The van der Waals surface area contributed by atoms with Crippen LogP contribution in [-0.4, -0.2) is 20.2 Å². The van der Waals surface area contributed by atoms with Gasteiger partial charge in [0.25, 0.3) is 0 Å². The molecule has 0 radical (unpaired) electrons. The molecule has 3 N–H and O–H groups in total. The zero-order valence-corrected chi connectivity index (χ0v) is 14.5. The first-order chi connectivity index (χ1) is 12.2. The summed E-state index contributed by atoms with van der Waals surface area (Å²) < 4.78 is 13.0. The SMILES string of the molecule is FOc1cccc(Nc2ncc(Br)c(Nc3cc(C4CC4)[nH]n3)n2)c1. The van der Waals surface area contributed by atoms with Gasteiger partial charge in [-0.3, -0.25) is 10.0 Å². The van der Waals surface area contributed by atoms with Crippen LogP contribution >= 0.6 is 15.9 Å². The van der Waals surface area contributed by atoms with Crippen molar-refractivity contribution in [3.8, 4) is 5.75 Å². The van der Waals surface area contributed by atoms with Gasteiger partial charge in [0.05, 0.1) is 4.47 Å². The third-order valence-electron chi connectivity index (χ3n) is 3.78. The Bertz CT molecular complexity index is 898. The molecule has 2 heterocycles. The molecule has 3 aromatic rings. The Morgan fingerprint density at radius 2 is 2.12 bits per heavy atom. The summed E-state index contributed by atoms with van der Waals surface area (Å²) in [6.45, 7) is 0. The van der Waals surface area contributed by atoms with Crippen molar-refractivity contribution in [2.75, 3.05) is 10.6 Å². The number of benzene rings is 1. The minimum Gasteiger partial charge on any atom is -0.324 e. The molecule has 9 heteroatoms. The van der Waals surface area contributed by atoms with Crippen molar-refractivity contribution in [1.82, 2.24) is 20.2 Å². The zero-order chi connectivity index (χ0) is 17.2. The standard InChI is InChI=1S/C16H14BrFN6O/c17-12-8-19-16(20-10-2-1-3-11(6-10)25-18)22-15(12)21-14-7-13(23-24-14)9-4-5-9/h1-3,6-9H,4-5H2,(H3,19,20,21,22,23,24). The Morgan fingerprint density at radius 3 is 2.92 bits per heavy atom. The summed E-state index contributed by atoms with van der Waals surface area (Å²) in [5.74, 6) is 2.33. The lowest BCUT2D eigenvalue weighted by molar-refractivity contribution is -0.00612. The largest absolute Gasteiger partial charge is 0.324 e. The molecule has 7 nitrogen and oxygen atoms in total. The number of nitrogens with zero attached hydrogens (tertiary/aromatic N) is 3. The number of anilines is 4. The van der Waals surface area contributed by atoms with Crippen molar-refractivity contribution in [2.45, 2.75) is 18.8 Å². The van der Waals surface area contributed by atoms with Crippen LogP contribution in [0, 0.1) is 0 Å². The normalized spacial score (nSPS) is 13.5. The highest BCUT2D eigenvalue weighted by molar-refractivity contribution is 9.10. The molecule has 0 saturated heterocycles. The number of hydrogen-bond acceptors (Lipinski definition) is 6. The minimum absolute atomic E-state index is 0.101. The Kier molecular flexibility index (Phi) is 4.22. The summed E-state index contributed by atoms with van der Waals surface area (Å²) in [4.78, 5) is 12.4. The highest BCUT2D eigenvalue weighted by Crippen LogP contribution is 2.39. The van der Waals surface area contributed by atoms with E-state index in [-0.39, 0.29) is 5.75 Å². The molecule has 0 atom stereocenters. The Labute approximate surface area is 151 Å². The van der Waals surface area contributed by atoms with E-state index >= 15 is 0 Å². The third-order valence-corrected chi connectivity index (χ3v) is 4.37. The first kappa shape index (κ1) is 15.8. The number of rotatable bonds is 6. The predicted octanol–water partition coefficient (Wildman–Crippen LogP) is 4.59. The number of nitrogens with one attached hydrogen (secondary N) is 3. The molecule has 0 spiro atoms. The Balaban J connectivity index is 1.52. The van der Waals surface area contributed by atoms with Crippen molar-refractivity contribution < 1.29 is 9.47 Å². The average Bonchev–Trinajstić information content (AvgIpc) is 3.38. The van der Waals surface area contributed by atoms with Crippen LogP contribution in [0.1, 0.15) is 24.5 Å². The molecule has 0 amide bonds. The number of H-pyrrole nitrogens is 1. The second-order valence-corrected chi connectivity index (χ2v) is 6.58. The van der Waals surface area contributed by atoms with Gasteiger partial charge in [-0.1, -0.05) is 6.07 Å². The molecule has 1 aliphatic carbocycles. The third kappa shape index (κ3) is 3.71. The first-order valence-corrected chi connectivity index (χ1v) is 8.51. The summed E-state index contributed by atoms with van der Waals surface area (Å²) in [6, 6.07) is 8.43. The summed E-state index contributed by atoms with van der Waals surface area (Å²) in [5, 5.41) is 13.5. The first-order valence-electron chi connectivity index (χ1n) is 7.72. The van der Waals surface area contributed by atoms with Gasteiger partial charge in [0.15, 0.2) is 17.4 Å². The number of aromatic amines is 1. The number of aromatic nitrogens is 4. The van der Waals surface area contributed by atoms with E-state index in [9.17, 15) is 4.53 Å². The summed E-state index contributed by atoms with van der Waals surface area (Å²) in [7, 11) is 0. The van der Waals surface area contributed by atoms with Gasteiger partial charge in [0, 0.05) is 40.2 Å². The molecule has 2 aromatic heterocycles.